The number of hydrogen-bond donors (Lipinski definition) is 0. The van der Waals surface area contributed by atoms with Crippen LogP contribution >= 0.6 is 34.9 Å². The minimum atomic E-state index is 0.546. The summed E-state index contributed by atoms with van der Waals surface area (Å²) in [5.74, 6) is 1.24. The van der Waals surface area contributed by atoms with Crippen LogP contribution in [0.4, 0.5) is 0 Å². The van der Waals surface area contributed by atoms with E-state index in [9.17, 15) is 0 Å². The Hall–Kier alpha value is -1.71. The van der Waals surface area contributed by atoms with Gasteiger partial charge in [-0.15, -0.1) is 10.2 Å². The van der Waals surface area contributed by atoms with Crippen molar-refractivity contribution in [3.8, 4) is 11.4 Å². The lowest BCUT2D eigenvalue weighted by Gasteiger charge is -2.08. The summed E-state index contributed by atoms with van der Waals surface area (Å²) in [6.45, 7) is 0. The van der Waals surface area contributed by atoms with Crippen LogP contribution in [0, 0.1) is 0 Å². The molecule has 7 nitrogen and oxygen atoms in total. The van der Waals surface area contributed by atoms with Gasteiger partial charge in [0.25, 0.3) is 0 Å². The van der Waals surface area contributed by atoms with E-state index in [1.807, 2.05) is 24.3 Å². The zero-order chi connectivity index (χ0) is 14.7. The average molecular weight is 341 g/mol. The second-order valence-electron chi connectivity index (χ2n) is 3.83. The predicted octanol–water partition coefficient (Wildman–Crippen LogP) is 2.47. The summed E-state index contributed by atoms with van der Waals surface area (Å²) in [6, 6.07) is 7.53. The van der Waals surface area contributed by atoms with E-state index in [2.05, 4.69) is 25.1 Å². The molecule has 3 rings (SSSR count). The van der Waals surface area contributed by atoms with Gasteiger partial charge in [0.1, 0.15) is 21.5 Å². The Bertz CT molecular complexity index is 746. The normalized spacial score (nSPS) is 10.8. The van der Waals surface area contributed by atoms with Crippen LogP contribution in [0.15, 0.2) is 29.4 Å². The summed E-state index contributed by atoms with van der Waals surface area (Å²) < 4.78 is 11.3. The third-order valence-corrected chi connectivity index (χ3v) is 4.52. The molecular weight excluding hydrogens is 332 g/mol. The maximum atomic E-state index is 5.99. The Morgan fingerprint density at radius 1 is 1.33 bits per heavy atom. The maximum absolute atomic E-state index is 5.99. The van der Waals surface area contributed by atoms with Gasteiger partial charge < -0.3 is 4.74 Å². The molecule has 0 fully saturated rings. The van der Waals surface area contributed by atoms with Crippen LogP contribution in [0.1, 0.15) is 5.69 Å². The number of methoxy groups -OCH3 is 1. The van der Waals surface area contributed by atoms with Gasteiger partial charge in [-0.05, 0) is 22.6 Å². The molecule has 0 saturated carbocycles. The van der Waals surface area contributed by atoms with Gasteiger partial charge in [-0.1, -0.05) is 40.0 Å². The smallest absolute Gasteiger partial charge is 0.214 e. The molecule has 0 spiro atoms. The number of thioether (sulfide) groups is 1. The van der Waals surface area contributed by atoms with E-state index >= 15 is 0 Å². The van der Waals surface area contributed by atoms with E-state index in [4.69, 9.17) is 16.3 Å². The number of hydrogen-bond acceptors (Lipinski definition) is 8. The quantitative estimate of drug-likeness (QED) is 0.660. The lowest BCUT2D eigenvalue weighted by Crippen LogP contribution is -2.01. The third kappa shape index (κ3) is 2.99. The van der Waals surface area contributed by atoms with E-state index < -0.39 is 0 Å². The number of aromatic nitrogens is 6. The standard InChI is InChI=1S/C11H9ClN6OS2/c1-19-9-5-3-2-4-8(9)18-11(14-15-16-18)20-6-7-10(12)21-17-13-7/h2-5H,6H2,1H3. The lowest BCUT2D eigenvalue weighted by atomic mass is 10.3. The Morgan fingerprint density at radius 3 is 2.95 bits per heavy atom. The fourth-order valence-electron chi connectivity index (χ4n) is 1.64. The molecule has 21 heavy (non-hydrogen) atoms. The summed E-state index contributed by atoms with van der Waals surface area (Å²) in [5.41, 5.74) is 1.50. The summed E-state index contributed by atoms with van der Waals surface area (Å²) in [7, 11) is 1.61. The molecule has 0 atom stereocenters. The van der Waals surface area contributed by atoms with Crippen molar-refractivity contribution in [2.45, 2.75) is 10.9 Å². The molecule has 2 heterocycles. The average Bonchev–Trinajstić information content (AvgIpc) is 3.13. The van der Waals surface area contributed by atoms with Crippen molar-refractivity contribution in [2.24, 2.45) is 0 Å². The second-order valence-corrected chi connectivity index (χ2v) is 6.13. The van der Waals surface area contributed by atoms with Crippen molar-refractivity contribution in [3.05, 3.63) is 34.3 Å². The van der Waals surface area contributed by atoms with Crippen LogP contribution < -0.4 is 4.74 Å². The van der Waals surface area contributed by atoms with Crippen LogP contribution in [0.3, 0.4) is 0 Å². The van der Waals surface area contributed by atoms with Gasteiger partial charge in [-0.25, -0.2) is 0 Å². The number of benzene rings is 1. The molecule has 2 aromatic heterocycles. The Kier molecular flexibility index (Phi) is 4.32. The molecule has 0 N–H and O–H groups in total. The highest BCUT2D eigenvalue weighted by Gasteiger charge is 2.14. The molecule has 10 heteroatoms. The summed E-state index contributed by atoms with van der Waals surface area (Å²) in [4.78, 5) is 0. The van der Waals surface area contributed by atoms with Gasteiger partial charge in [-0.3, -0.25) is 0 Å². The van der Waals surface area contributed by atoms with Gasteiger partial charge in [0.2, 0.25) is 5.16 Å². The first-order valence-electron chi connectivity index (χ1n) is 5.81. The minimum Gasteiger partial charge on any atom is -0.494 e. The maximum Gasteiger partial charge on any atom is 0.214 e. The first kappa shape index (κ1) is 14.2. The largest absolute Gasteiger partial charge is 0.494 e. The van der Waals surface area contributed by atoms with Crippen molar-refractivity contribution in [3.63, 3.8) is 0 Å². The molecule has 0 bridgehead atoms. The first-order valence-corrected chi connectivity index (χ1v) is 7.94. The van der Waals surface area contributed by atoms with Crippen LogP contribution in [0.5, 0.6) is 5.75 Å². The zero-order valence-electron chi connectivity index (χ0n) is 10.8. The Balaban J connectivity index is 1.86. The van der Waals surface area contributed by atoms with Crippen LogP contribution in [-0.4, -0.2) is 36.9 Å². The number of rotatable bonds is 5. The number of para-hydroxylation sites is 2. The van der Waals surface area contributed by atoms with Crippen molar-refractivity contribution in [2.75, 3.05) is 7.11 Å². The molecule has 0 saturated heterocycles. The highest BCUT2D eigenvalue weighted by molar-refractivity contribution is 7.98. The number of nitrogens with zero attached hydrogens (tertiary/aromatic N) is 6. The number of ether oxygens (including phenoxy) is 1. The molecule has 0 unspecified atom stereocenters. The number of tetrazole rings is 1. The topological polar surface area (TPSA) is 78.6 Å². The Labute approximate surface area is 133 Å². The van der Waals surface area contributed by atoms with E-state index in [-0.39, 0.29) is 0 Å². The fourth-order valence-corrected chi connectivity index (χ4v) is 3.26. The van der Waals surface area contributed by atoms with Crippen molar-refractivity contribution in [1.82, 2.24) is 29.8 Å². The summed E-state index contributed by atoms with van der Waals surface area (Å²) in [5, 5.41) is 16.3. The molecular formula is C11H9ClN6OS2. The van der Waals surface area contributed by atoms with Crippen LogP contribution in [0.25, 0.3) is 5.69 Å². The molecule has 0 amide bonds. The second kappa shape index (κ2) is 6.37. The van der Waals surface area contributed by atoms with Crippen LogP contribution in [0.2, 0.25) is 4.34 Å². The van der Waals surface area contributed by atoms with Crippen molar-refractivity contribution >= 4 is 34.9 Å². The minimum absolute atomic E-state index is 0.546. The fraction of sp³-hybridized carbons (Fsp3) is 0.182. The van der Waals surface area contributed by atoms with E-state index in [0.717, 1.165) is 22.9 Å². The predicted molar refractivity (Wildman–Crippen MR) is 80.2 cm³/mol. The molecule has 3 aromatic rings. The number of halogens is 1. The summed E-state index contributed by atoms with van der Waals surface area (Å²) in [6.07, 6.45) is 0. The molecule has 0 aliphatic carbocycles. The highest BCUT2D eigenvalue weighted by Crippen LogP contribution is 2.29. The lowest BCUT2D eigenvalue weighted by molar-refractivity contribution is 0.410. The van der Waals surface area contributed by atoms with Crippen LogP contribution in [-0.2, 0) is 5.75 Å². The van der Waals surface area contributed by atoms with Crippen molar-refractivity contribution in [1.29, 1.82) is 0 Å². The SMILES string of the molecule is COc1ccccc1-n1nnnc1SCc1nnsc1Cl. The van der Waals surface area contributed by atoms with Gasteiger partial charge in [0.05, 0.1) is 7.11 Å². The van der Waals surface area contributed by atoms with E-state index in [1.165, 1.54) is 11.8 Å². The molecule has 1 aromatic carbocycles. The zero-order valence-corrected chi connectivity index (χ0v) is 13.2. The first-order chi connectivity index (χ1) is 10.3. The van der Waals surface area contributed by atoms with Crippen molar-refractivity contribution < 1.29 is 4.74 Å². The third-order valence-electron chi connectivity index (χ3n) is 2.60. The molecule has 0 aliphatic heterocycles. The highest BCUT2D eigenvalue weighted by atomic mass is 35.5. The molecule has 0 aliphatic rings. The monoisotopic (exact) mass is 340 g/mol. The Morgan fingerprint density at radius 2 is 2.19 bits per heavy atom. The van der Waals surface area contributed by atoms with Gasteiger partial charge in [-0.2, -0.15) is 4.68 Å². The van der Waals surface area contributed by atoms with Gasteiger partial charge >= 0.3 is 0 Å². The van der Waals surface area contributed by atoms with E-state index in [1.54, 1.807) is 11.8 Å². The van der Waals surface area contributed by atoms with Gasteiger partial charge in [0.15, 0.2) is 0 Å². The van der Waals surface area contributed by atoms with E-state index in [0.29, 0.717) is 21.0 Å². The summed E-state index contributed by atoms with van der Waals surface area (Å²) >= 11 is 8.58. The molecule has 0 radical (unpaired) electrons. The van der Waals surface area contributed by atoms with Gasteiger partial charge in [0, 0.05) is 17.3 Å². The molecule has 108 valence electrons.